The molecule has 0 saturated carbocycles. The molecule has 0 spiro atoms. The number of carbonyl (C=O) groups excluding carboxylic acids is 3. The number of aromatic nitrogens is 1. The van der Waals surface area contributed by atoms with Crippen molar-refractivity contribution < 1.29 is 14.4 Å². The predicted molar refractivity (Wildman–Crippen MR) is 102 cm³/mol. The van der Waals surface area contributed by atoms with E-state index in [1.165, 1.54) is 18.3 Å². The van der Waals surface area contributed by atoms with E-state index < -0.39 is 0 Å². The molecular weight excluding hydrogens is 364 g/mol. The summed E-state index contributed by atoms with van der Waals surface area (Å²) in [5.41, 5.74) is 1.43. The van der Waals surface area contributed by atoms with E-state index in [4.69, 9.17) is 0 Å². The first-order chi connectivity index (χ1) is 13.0. The summed E-state index contributed by atoms with van der Waals surface area (Å²) in [6.45, 7) is 2.77. The number of thiazole rings is 1. The maximum atomic E-state index is 12.7. The monoisotopic (exact) mass is 386 g/mol. The Bertz CT molecular complexity index is 821. The maximum Gasteiger partial charge on any atom is 0.273 e. The minimum absolute atomic E-state index is 0.0437. The molecule has 0 bridgehead atoms. The average molecular weight is 386 g/mol. The molecule has 7 nitrogen and oxygen atoms in total. The van der Waals surface area contributed by atoms with Gasteiger partial charge in [-0.05, 0) is 12.0 Å². The fourth-order valence-corrected chi connectivity index (χ4v) is 3.82. The molecule has 1 aromatic heterocycles. The van der Waals surface area contributed by atoms with Gasteiger partial charge in [0.1, 0.15) is 10.7 Å². The third kappa shape index (κ3) is 5.13. The molecule has 27 heavy (non-hydrogen) atoms. The number of nitrogens with zero attached hydrogens (tertiary/aromatic N) is 2. The molecule has 1 aliphatic rings. The molecule has 2 heterocycles. The summed E-state index contributed by atoms with van der Waals surface area (Å²) in [6.07, 6.45) is 0.898. The first-order valence-corrected chi connectivity index (χ1v) is 9.73. The fourth-order valence-electron chi connectivity index (χ4n) is 2.97. The molecule has 1 aliphatic heterocycles. The molecule has 0 aliphatic carbocycles. The highest BCUT2D eigenvalue weighted by molar-refractivity contribution is 7.09. The zero-order valence-corrected chi connectivity index (χ0v) is 15.9. The molecule has 1 aromatic carbocycles. The third-order valence-corrected chi connectivity index (χ3v) is 5.26. The van der Waals surface area contributed by atoms with Gasteiger partial charge in [-0.25, -0.2) is 4.98 Å². The standard InChI is InChI=1S/C19H22N4O3S/c1-13(24)21-15(11-14-5-3-2-4-6-14)18-22-16(12-27-18)19(26)23-9-7-17(25)20-8-10-23/h2-6,12,15H,7-11H2,1H3,(H,20,25)(H,21,24)/t15-/m1/s1. The van der Waals surface area contributed by atoms with E-state index in [2.05, 4.69) is 15.6 Å². The Morgan fingerprint density at radius 2 is 2.07 bits per heavy atom. The number of carbonyl (C=O) groups is 3. The molecule has 1 saturated heterocycles. The predicted octanol–water partition coefficient (Wildman–Crippen LogP) is 1.53. The molecule has 2 N–H and O–H groups in total. The molecule has 3 amide bonds. The maximum absolute atomic E-state index is 12.7. The van der Waals surface area contributed by atoms with E-state index in [1.807, 2.05) is 30.3 Å². The highest BCUT2D eigenvalue weighted by Crippen LogP contribution is 2.23. The van der Waals surface area contributed by atoms with Crippen molar-refractivity contribution in [3.8, 4) is 0 Å². The van der Waals surface area contributed by atoms with E-state index in [-0.39, 0.29) is 23.8 Å². The normalized spacial score (nSPS) is 15.6. The van der Waals surface area contributed by atoms with Crippen LogP contribution in [0.1, 0.15) is 40.4 Å². The van der Waals surface area contributed by atoms with Gasteiger partial charge in [0.25, 0.3) is 5.91 Å². The van der Waals surface area contributed by atoms with Crippen LogP contribution in [0, 0.1) is 0 Å². The lowest BCUT2D eigenvalue weighted by atomic mass is 10.1. The lowest BCUT2D eigenvalue weighted by Crippen LogP contribution is -2.34. The number of benzene rings is 1. The second-order valence-corrected chi connectivity index (χ2v) is 7.30. The molecule has 1 fully saturated rings. The molecule has 142 valence electrons. The van der Waals surface area contributed by atoms with Crippen LogP contribution in [-0.2, 0) is 16.0 Å². The fraction of sp³-hybridized carbons (Fsp3) is 0.368. The number of hydrogen-bond acceptors (Lipinski definition) is 5. The SMILES string of the molecule is CC(=O)N[C@H](Cc1ccccc1)c1nc(C(=O)N2CCNC(=O)CC2)cs1. The van der Waals surface area contributed by atoms with Gasteiger partial charge in [0, 0.05) is 38.4 Å². The summed E-state index contributed by atoms with van der Waals surface area (Å²) < 4.78 is 0. The van der Waals surface area contributed by atoms with Crippen molar-refractivity contribution in [1.29, 1.82) is 0 Å². The van der Waals surface area contributed by atoms with Crippen molar-refractivity contribution in [2.45, 2.75) is 25.8 Å². The second-order valence-electron chi connectivity index (χ2n) is 6.41. The molecule has 1 atom stereocenters. The van der Waals surface area contributed by atoms with Crippen molar-refractivity contribution in [2.75, 3.05) is 19.6 Å². The van der Waals surface area contributed by atoms with Crippen LogP contribution in [0.3, 0.4) is 0 Å². The van der Waals surface area contributed by atoms with E-state index in [0.717, 1.165) is 5.56 Å². The van der Waals surface area contributed by atoms with Gasteiger partial charge in [0.2, 0.25) is 11.8 Å². The van der Waals surface area contributed by atoms with Gasteiger partial charge in [0.05, 0.1) is 6.04 Å². The Morgan fingerprint density at radius 1 is 1.30 bits per heavy atom. The van der Waals surface area contributed by atoms with Crippen LogP contribution in [0.15, 0.2) is 35.7 Å². The smallest absolute Gasteiger partial charge is 0.273 e. The minimum atomic E-state index is -0.288. The van der Waals surface area contributed by atoms with Crippen LogP contribution >= 0.6 is 11.3 Å². The molecule has 2 aromatic rings. The highest BCUT2D eigenvalue weighted by atomic mass is 32.1. The quantitative estimate of drug-likeness (QED) is 0.815. The van der Waals surface area contributed by atoms with Crippen molar-refractivity contribution in [3.05, 3.63) is 52.0 Å². The Kier molecular flexibility index (Phi) is 6.18. The molecule has 0 radical (unpaired) electrons. The topological polar surface area (TPSA) is 91.4 Å². The number of hydrogen-bond donors (Lipinski definition) is 2. The summed E-state index contributed by atoms with van der Waals surface area (Å²) in [5.74, 6) is -0.371. The Hall–Kier alpha value is -2.74. The summed E-state index contributed by atoms with van der Waals surface area (Å²) >= 11 is 1.36. The summed E-state index contributed by atoms with van der Waals surface area (Å²) in [6, 6.07) is 9.55. The number of amides is 3. The van der Waals surface area contributed by atoms with Crippen molar-refractivity contribution in [3.63, 3.8) is 0 Å². The van der Waals surface area contributed by atoms with Gasteiger partial charge in [-0.3, -0.25) is 14.4 Å². The zero-order chi connectivity index (χ0) is 19.2. The first-order valence-electron chi connectivity index (χ1n) is 8.85. The number of nitrogens with one attached hydrogen (secondary N) is 2. The van der Waals surface area contributed by atoms with E-state index >= 15 is 0 Å². The zero-order valence-electron chi connectivity index (χ0n) is 15.1. The summed E-state index contributed by atoms with van der Waals surface area (Å²) in [5, 5.41) is 8.09. The van der Waals surface area contributed by atoms with Crippen molar-refractivity contribution in [2.24, 2.45) is 0 Å². The van der Waals surface area contributed by atoms with Crippen LogP contribution in [0.2, 0.25) is 0 Å². The van der Waals surface area contributed by atoms with Crippen LogP contribution in [0.5, 0.6) is 0 Å². The number of rotatable bonds is 5. The lowest BCUT2D eigenvalue weighted by molar-refractivity contribution is -0.121. The summed E-state index contributed by atoms with van der Waals surface area (Å²) in [4.78, 5) is 41.9. The van der Waals surface area contributed by atoms with Gasteiger partial charge >= 0.3 is 0 Å². The van der Waals surface area contributed by atoms with Gasteiger partial charge in [0.15, 0.2) is 0 Å². The molecule has 3 rings (SSSR count). The van der Waals surface area contributed by atoms with Crippen LogP contribution in [-0.4, -0.2) is 47.2 Å². The first kappa shape index (κ1) is 19.0. The summed E-state index contributed by atoms with van der Waals surface area (Å²) in [7, 11) is 0. The van der Waals surface area contributed by atoms with Crippen molar-refractivity contribution in [1.82, 2.24) is 20.5 Å². The third-order valence-electron chi connectivity index (χ3n) is 4.30. The van der Waals surface area contributed by atoms with Gasteiger partial charge in [-0.2, -0.15) is 0 Å². The van der Waals surface area contributed by atoms with Crippen LogP contribution in [0.4, 0.5) is 0 Å². The van der Waals surface area contributed by atoms with Crippen LogP contribution in [0.25, 0.3) is 0 Å². The molecule has 0 unspecified atom stereocenters. The van der Waals surface area contributed by atoms with Gasteiger partial charge < -0.3 is 15.5 Å². The van der Waals surface area contributed by atoms with E-state index in [1.54, 1.807) is 10.3 Å². The Balaban J connectivity index is 1.75. The molecule has 8 heteroatoms. The lowest BCUT2D eigenvalue weighted by Gasteiger charge is -2.18. The largest absolute Gasteiger partial charge is 0.354 e. The van der Waals surface area contributed by atoms with Gasteiger partial charge in [-0.15, -0.1) is 11.3 Å². The Labute approximate surface area is 161 Å². The van der Waals surface area contributed by atoms with Crippen LogP contribution < -0.4 is 10.6 Å². The van der Waals surface area contributed by atoms with E-state index in [0.29, 0.717) is 43.2 Å². The second kappa shape index (κ2) is 8.77. The van der Waals surface area contributed by atoms with Gasteiger partial charge in [-0.1, -0.05) is 30.3 Å². The highest BCUT2D eigenvalue weighted by Gasteiger charge is 2.24. The van der Waals surface area contributed by atoms with Crippen molar-refractivity contribution >= 4 is 29.1 Å². The van der Waals surface area contributed by atoms with E-state index in [9.17, 15) is 14.4 Å². The molecular formula is C19H22N4O3S. The minimum Gasteiger partial charge on any atom is -0.354 e. The Morgan fingerprint density at radius 3 is 2.81 bits per heavy atom. The average Bonchev–Trinajstić information content (AvgIpc) is 3.04.